The minimum Gasteiger partial charge on any atom is -0.376 e. The molecular weight excluding hydrogens is 312 g/mol. The van der Waals surface area contributed by atoms with Gasteiger partial charge in [-0.15, -0.1) is 0 Å². The Kier molecular flexibility index (Phi) is 6.00. The minimum atomic E-state index is -2.63. The Labute approximate surface area is 119 Å². The third-order valence-electron chi connectivity index (χ3n) is 3.25. The van der Waals surface area contributed by atoms with Crippen LogP contribution in [0.5, 0.6) is 0 Å². The van der Waals surface area contributed by atoms with Crippen LogP contribution < -0.4 is 0 Å². The highest BCUT2D eigenvalue weighted by Gasteiger charge is 2.45. The zero-order valence-electron chi connectivity index (χ0n) is 11.6. The molecule has 0 saturated carbocycles. The lowest BCUT2D eigenvalue weighted by Crippen LogP contribution is -2.48. The van der Waals surface area contributed by atoms with Crippen molar-refractivity contribution >= 4 is 24.7 Å². The second kappa shape index (κ2) is 6.82. The average molecular weight is 333 g/mol. The van der Waals surface area contributed by atoms with E-state index < -0.39 is 8.80 Å². The second-order valence-electron chi connectivity index (χ2n) is 4.22. The third-order valence-corrected chi connectivity index (χ3v) is 6.88. The summed E-state index contributed by atoms with van der Waals surface area (Å²) in [7, 11) is 2.30. The summed E-state index contributed by atoms with van der Waals surface area (Å²) in [5, 5.41) is 0. The first-order chi connectivity index (χ1) is 8.50. The van der Waals surface area contributed by atoms with Crippen molar-refractivity contribution in [3.63, 3.8) is 0 Å². The Morgan fingerprint density at radius 3 is 1.94 bits per heavy atom. The van der Waals surface area contributed by atoms with Crippen LogP contribution in [-0.2, 0) is 13.3 Å². The van der Waals surface area contributed by atoms with Crippen molar-refractivity contribution in [1.29, 1.82) is 0 Å². The van der Waals surface area contributed by atoms with Crippen molar-refractivity contribution in [3.05, 3.63) is 35.4 Å². The molecule has 0 bridgehead atoms. The van der Waals surface area contributed by atoms with E-state index in [0.29, 0.717) is 4.83 Å². The number of alkyl halides is 1. The van der Waals surface area contributed by atoms with Crippen LogP contribution in [0.1, 0.15) is 35.3 Å². The molecule has 1 rings (SSSR count). The van der Waals surface area contributed by atoms with Crippen LogP contribution in [0.4, 0.5) is 0 Å². The molecule has 0 aliphatic heterocycles. The summed E-state index contributed by atoms with van der Waals surface area (Å²) < 4.78 is 16.6. The van der Waals surface area contributed by atoms with Crippen molar-refractivity contribution in [1.82, 2.24) is 0 Å². The van der Waals surface area contributed by atoms with Crippen molar-refractivity contribution in [2.24, 2.45) is 0 Å². The van der Waals surface area contributed by atoms with E-state index in [0.717, 1.165) is 0 Å². The van der Waals surface area contributed by atoms with Crippen LogP contribution in [0, 0.1) is 0 Å². The van der Waals surface area contributed by atoms with Crippen molar-refractivity contribution in [2.75, 3.05) is 21.3 Å². The molecule has 0 N–H and O–H groups in total. The average Bonchev–Trinajstić information content (AvgIpc) is 2.41. The molecule has 0 aliphatic carbocycles. The van der Waals surface area contributed by atoms with Crippen molar-refractivity contribution in [2.45, 2.75) is 24.2 Å². The fourth-order valence-electron chi connectivity index (χ4n) is 2.06. The first-order valence-electron chi connectivity index (χ1n) is 5.90. The smallest absolute Gasteiger partial charge is 0.376 e. The highest BCUT2D eigenvalue weighted by Crippen LogP contribution is 2.31. The zero-order chi connectivity index (χ0) is 13.8. The molecule has 102 valence electrons. The molecule has 2 unspecified atom stereocenters. The fraction of sp³-hybridized carbons (Fsp3) is 0.538. The van der Waals surface area contributed by atoms with E-state index in [9.17, 15) is 0 Å². The first-order valence-corrected chi connectivity index (χ1v) is 8.62. The Morgan fingerprint density at radius 1 is 1.00 bits per heavy atom. The monoisotopic (exact) mass is 332 g/mol. The quantitative estimate of drug-likeness (QED) is 0.587. The van der Waals surface area contributed by atoms with Gasteiger partial charge in [-0.3, -0.25) is 0 Å². The van der Waals surface area contributed by atoms with Gasteiger partial charge in [-0.2, -0.15) is 0 Å². The van der Waals surface area contributed by atoms with Crippen LogP contribution >= 0.6 is 15.9 Å². The topological polar surface area (TPSA) is 27.7 Å². The minimum absolute atomic E-state index is 0.101. The first kappa shape index (κ1) is 15.9. The molecule has 18 heavy (non-hydrogen) atoms. The lowest BCUT2D eigenvalue weighted by Gasteiger charge is -2.30. The normalized spacial score (nSPS) is 15.4. The molecule has 1 aromatic carbocycles. The maximum absolute atomic E-state index is 5.54. The predicted molar refractivity (Wildman–Crippen MR) is 79.0 cm³/mol. The zero-order valence-corrected chi connectivity index (χ0v) is 14.2. The number of halogens is 1. The molecule has 0 amide bonds. The van der Waals surface area contributed by atoms with Gasteiger partial charge < -0.3 is 13.3 Å². The predicted octanol–water partition coefficient (Wildman–Crippen LogP) is 3.66. The summed E-state index contributed by atoms with van der Waals surface area (Å²) in [6.45, 7) is 4.19. The van der Waals surface area contributed by atoms with Crippen LogP contribution in [-0.4, -0.2) is 30.1 Å². The van der Waals surface area contributed by atoms with Gasteiger partial charge in [0.2, 0.25) is 0 Å². The van der Waals surface area contributed by atoms with Gasteiger partial charge in [0.05, 0.1) is 5.54 Å². The number of rotatable bonds is 6. The number of hydrogen-bond donors (Lipinski definition) is 0. The molecule has 0 aliphatic rings. The van der Waals surface area contributed by atoms with Gasteiger partial charge in [-0.25, -0.2) is 0 Å². The van der Waals surface area contributed by atoms with Crippen LogP contribution in [0.15, 0.2) is 24.3 Å². The number of benzene rings is 1. The van der Waals surface area contributed by atoms with E-state index in [1.165, 1.54) is 11.1 Å². The maximum atomic E-state index is 5.54. The molecule has 0 radical (unpaired) electrons. The lowest BCUT2D eigenvalue weighted by atomic mass is 10.1. The van der Waals surface area contributed by atoms with Gasteiger partial charge in [-0.1, -0.05) is 47.1 Å². The van der Waals surface area contributed by atoms with E-state index in [-0.39, 0.29) is 5.54 Å². The van der Waals surface area contributed by atoms with E-state index in [2.05, 4.69) is 54.0 Å². The van der Waals surface area contributed by atoms with E-state index >= 15 is 0 Å². The molecule has 3 nitrogen and oxygen atoms in total. The Morgan fingerprint density at radius 2 is 1.50 bits per heavy atom. The number of hydrogen-bond acceptors (Lipinski definition) is 3. The highest BCUT2D eigenvalue weighted by molar-refractivity contribution is 9.09. The van der Waals surface area contributed by atoms with Crippen LogP contribution in [0.25, 0.3) is 0 Å². The summed E-state index contributed by atoms with van der Waals surface area (Å²) in [4.78, 5) is 0.327. The summed E-state index contributed by atoms with van der Waals surface area (Å²) in [5.74, 6) is 0. The summed E-state index contributed by atoms with van der Waals surface area (Å²) in [6.07, 6.45) is 0. The lowest BCUT2D eigenvalue weighted by molar-refractivity contribution is 0.114. The fourth-order valence-corrected chi connectivity index (χ4v) is 4.49. The molecule has 2 atom stereocenters. The van der Waals surface area contributed by atoms with Gasteiger partial charge in [0.15, 0.2) is 0 Å². The second-order valence-corrected chi connectivity index (χ2v) is 8.90. The van der Waals surface area contributed by atoms with Gasteiger partial charge in [0.25, 0.3) is 0 Å². The highest BCUT2D eigenvalue weighted by atomic mass is 79.9. The SMILES string of the molecule is CO[Si](OC)(OC)C(C)c1cccc(C(C)Br)c1. The molecule has 0 saturated heterocycles. The van der Waals surface area contributed by atoms with Crippen LogP contribution in [0.3, 0.4) is 0 Å². The van der Waals surface area contributed by atoms with E-state index in [4.69, 9.17) is 13.3 Å². The standard InChI is InChI=1S/C13H21BrO3Si/c1-10(14)12-7-6-8-13(9-12)11(2)18(15-3,16-4)17-5/h6-11H,1-5H3. The molecule has 1 aromatic rings. The van der Waals surface area contributed by atoms with Crippen LogP contribution in [0.2, 0.25) is 0 Å². The Balaban J connectivity index is 3.08. The Hall–Kier alpha value is -0.203. The van der Waals surface area contributed by atoms with Gasteiger partial charge in [-0.05, 0) is 18.1 Å². The molecule has 5 heteroatoms. The van der Waals surface area contributed by atoms with Gasteiger partial charge in [0, 0.05) is 26.2 Å². The van der Waals surface area contributed by atoms with E-state index in [1.54, 1.807) is 21.3 Å². The summed E-state index contributed by atoms with van der Waals surface area (Å²) >= 11 is 3.59. The van der Waals surface area contributed by atoms with Crippen molar-refractivity contribution in [3.8, 4) is 0 Å². The third kappa shape index (κ3) is 3.22. The Bertz CT molecular complexity index is 372. The van der Waals surface area contributed by atoms with E-state index in [1.807, 2.05) is 0 Å². The molecule has 0 spiro atoms. The molecule has 0 aromatic heterocycles. The maximum Gasteiger partial charge on any atom is 0.507 e. The van der Waals surface area contributed by atoms with Gasteiger partial charge >= 0.3 is 8.80 Å². The summed E-state index contributed by atoms with van der Waals surface area (Å²) in [6, 6.07) is 8.41. The molecule has 0 heterocycles. The molecule has 0 fully saturated rings. The summed E-state index contributed by atoms with van der Waals surface area (Å²) in [5.41, 5.74) is 2.52. The van der Waals surface area contributed by atoms with Gasteiger partial charge in [0.1, 0.15) is 0 Å². The molecular formula is C13H21BrO3Si. The largest absolute Gasteiger partial charge is 0.507 e. The van der Waals surface area contributed by atoms with Crippen molar-refractivity contribution < 1.29 is 13.3 Å².